The smallest absolute Gasteiger partial charge is 0.225 e. The second-order valence-electron chi connectivity index (χ2n) is 4.43. The average Bonchev–Trinajstić information content (AvgIpc) is 2.72. The lowest BCUT2D eigenvalue weighted by Crippen LogP contribution is -2.53. The molecular formula is C13H22N2OS. The molecule has 17 heavy (non-hydrogen) atoms. The number of hydrogen-bond donors (Lipinski definition) is 2. The van der Waals surface area contributed by atoms with Gasteiger partial charge in [-0.25, -0.2) is 0 Å². The summed E-state index contributed by atoms with van der Waals surface area (Å²) in [4.78, 5) is 14.3. The summed E-state index contributed by atoms with van der Waals surface area (Å²) < 4.78 is 0. The predicted molar refractivity (Wildman–Crippen MR) is 73.3 cm³/mol. The van der Waals surface area contributed by atoms with Crippen LogP contribution < -0.4 is 11.1 Å². The maximum atomic E-state index is 12.0. The molecule has 0 bridgehead atoms. The number of aryl methyl sites for hydroxylation is 1. The molecule has 0 saturated carbocycles. The number of hydrogen-bond acceptors (Lipinski definition) is 3. The molecule has 0 radical (unpaired) electrons. The van der Waals surface area contributed by atoms with Crippen molar-refractivity contribution in [3.8, 4) is 0 Å². The Morgan fingerprint density at radius 3 is 2.47 bits per heavy atom. The zero-order valence-electron chi connectivity index (χ0n) is 10.9. The van der Waals surface area contributed by atoms with Crippen LogP contribution in [0.5, 0.6) is 0 Å². The highest BCUT2D eigenvalue weighted by Crippen LogP contribution is 2.17. The highest BCUT2D eigenvalue weighted by atomic mass is 32.1. The van der Waals surface area contributed by atoms with Gasteiger partial charge in [-0.1, -0.05) is 13.8 Å². The van der Waals surface area contributed by atoms with Gasteiger partial charge in [0.05, 0.1) is 12.0 Å². The van der Waals surface area contributed by atoms with Gasteiger partial charge in [0.1, 0.15) is 0 Å². The minimum Gasteiger partial charge on any atom is -0.349 e. The molecule has 0 spiro atoms. The number of thiophene rings is 1. The molecule has 1 aromatic rings. The van der Waals surface area contributed by atoms with Gasteiger partial charge in [0.15, 0.2) is 0 Å². The molecule has 3 nitrogen and oxygen atoms in total. The van der Waals surface area contributed by atoms with E-state index in [-0.39, 0.29) is 11.4 Å². The molecule has 0 aliphatic carbocycles. The molecule has 0 fully saturated rings. The van der Waals surface area contributed by atoms with Crippen LogP contribution in [-0.4, -0.2) is 18.0 Å². The van der Waals surface area contributed by atoms with Gasteiger partial charge >= 0.3 is 0 Å². The Morgan fingerprint density at radius 2 is 2.06 bits per heavy atom. The summed E-state index contributed by atoms with van der Waals surface area (Å²) in [6.45, 7) is 6.67. The van der Waals surface area contributed by atoms with Crippen molar-refractivity contribution in [2.75, 3.05) is 6.54 Å². The fraction of sp³-hybridized carbons (Fsp3) is 0.615. The second kappa shape index (κ2) is 6.17. The first kappa shape index (κ1) is 14.2. The third-order valence-electron chi connectivity index (χ3n) is 3.28. The number of rotatable bonds is 6. The van der Waals surface area contributed by atoms with Crippen LogP contribution in [0, 0.1) is 6.92 Å². The topological polar surface area (TPSA) is 55.1 Å². The number of carbonyl (C=O) groups is 1. The van der Waals surface area contributed by atoms with E-state index < -0.39 is 0 Å². The molecule has 1 rings (SSSR count). The van der Waals surface area contributed by atoms with Crippen molar-refractivity contribution >= 4 is 17.2 Å². The minimum absolute atomic E-state index is 0.0704. The van der Waals surface area contributed by atoms with Gasteiger partial charge in [-0.2, -0.15) is 0 Å². The monoisotopic (exact) mass is 254 g/mol. The molecule has 96 valence electrons. The van der Waals surface area contributed by atoms with Gasteiger partial charge in [0.2, 0.25) is 5.91 Å². The standard InChI is InChI=1S/C13H22N2OS/c1-4-13(5-2,9-14)15-12(16)8-11-7-6-10(3)17-11/h6-7H,4-5,8-9,14H2,1-3H3,(H,15,16). The van der Waals surface area contributed by atoms with Crippen LogP contribution in [0.1, 0.15) is 36.4 Å². The van der Waals surface area contributed by atoms with E-state index in [0.29, 0.717) is 13.0 Å². The normalized spacial score (nSPS) is 11.5. The van der Waals surface area contributed by atoms with E-state index in [4.69, 9.17) is 5.73 Å². The number of carbonyl (C=O) groups excluding carboxylic acids is 1. The minimum atomic E-state index is -0.233. The Balaban J connectivity index is 2.59. The summed E-state index contributed by atoms with van der Waals surface area (Å²) in [5.74, 6) is 0.0704. The molecule has 0 aromatic carbocycles. The maximum absolute atomic E-state index is 12.0. The van der Waals surface area contributed by atoms with Crippen molar-refractivity contribution in [3.63, 3.8) is 0 Å². The molecule has 0 unspecified atom stereocenters. The lowest BCUT2D eigenvalue weighted by Gasteiger charge is -2.31. The Kier molecular flexibility index (Phi) is 5.15. The Labute approximate surface area is 107 Å². The van der Waals surface area contributed by atoms with Crippen LogP contribution in [0.15, 0.2) is 12.1 Å². The third kappa shape index (κ3) is 3.82. The Hall–Kier alpha value is -0.870. The molecule has 0 aliphatic heterocycles. The predicted octanol–water partition coefficient (Wildman–Crippen LogP) is 2.23. The first-order valence-corrected chi connectivity index (χ1v) is 6.93. The van der Waals surface area contributed by atoms with Gasteiger partial charge < -0.3 is 11.1 Å². The zero-order chi connectivity index (χ0) is 12.9. The first-order chi connectivity index (χ1) is 8.05. The summed E-state index contributed by atoms with van der Waals surface area (Å²) >= 11 is 1.67. The SMILES string of the molecule is CCC(CC)(CN)NC(=O)Cc1ccc(C)s1. The van der Waals surface area contributed by atoms with E-state index in [1.54, 1.807) is 11.3 Å². The summed E-state index contributed by atoms with van der Waals surface area (Å²) in [6, 6.07) is 4.06. The van der Waals surface area contributed by atoms with Gasteiger partial charge in [-0.05, 0) is 31.9 Å². The Morgan fingerprint density at radius 1 is 1.41 bits per heavy atom. The average molecular weight is 254 g/mol. The van der Waals surface area contributed by atoms with Crippen molar-refractivity contribution in [2.24, 2.45) is 5.73 Å². The van der Waals surface area contributed by atoms with Crippen LogP contribution in [0.2, 0.25) is 0 Å². The van der Waals surface area contributed by atoms with Crippen LogP contribution in [0.4, 0.5) is 0 Å². The molecule has 3 N–H and O–H groups in total. The summed E-state index contributed by atoms with van der Waals surface area (Å²) in [7, 11) is 0. The lowest BCUT2D eigenvalue weighted by molar-refractivity contribution is -0.122. The van der Waals surface area contributed by atoms with Crippen molar-refractivity contribution in [1.29, 1.82) is 0 Å². The molecule has 0 atom stereocenters. The number of nitrogens with two attached hydrogens (primary N) is 1. The maximum Gasteiger partial charge on any atom is 0.225 e. The Bertz CT molecular complexity index is 361. The molecule has 0 aliphatic rings. The van der Waals surface area contributed by atoms with Crippen molar-refractivity contribution in [1.82, 2.24) is 5.32 Å². The number of nitrogens with one attached hydrogen (secondary N) is 1. The largest absolute Gasteiger partial charge is 0.349 e. The van der Waals surface area contributed by atoms with E-state index in [1.807, 2.05) is 19.1 Å². The summed E-state index contributed by atoms with van der Waals surface area (Å²) in [5, 5.41) is 3.08. The lowest BCUT2D eigenvalue weighted by atomic mass is 9.93. The van der Waals surface area contributed by atoms with E-state index in [0.717, 1.165) is 17.7 Å². The van der Waals surface area contributed by atoms with Crippen LogP contribution in [0.3, 0.4) is 0 Å². The molecular weight excluding hydrogens is 232 g/mol. The van der Waals surface area contributed by atoms with E-state index >= 15 is 0 Å². The van der Waals surface area contributed by atoms with Gasteiger partial charge in [-0.15, -0.1) is 11.3 Å². The first-order valence-electron chi connectivity index (χ1n) is 6.11. The van der Waals surface area contributed by atoms with Gasteiger partial charge in [0.25, 0.3) is 0 Å². The van der Waals surface area contributed by atoms with Gasteiger partial charge in [-0.3, -0.25) is 4.79 Å². The molecule has 1 heterocycles. The number of amides is 1. The summed E-state index contributed by atoms with van der Waals surface area (Å²) in [5.41, 5.74) is 5.53. The fourth-order valence-corrected chi connectivity index (χ4v) is 2.73. The van der Waals surface area contributed by atoms with Crippen LogP contribution in [0.25, 0.3) is 0 Å². The van der Waals surface area contributed by atoms with Crippen molar-refractivity contribution in [3.05, 3.63) is 21.9 Å². The van der Waals surface area contributed by atoms with E-state index in [2.05, 4.69) is 19.2 Å². The van der Waals surface area contributed by atoms with E-state index in [9.17, 15) is 4.79 Å². The fourth-order valence-electron chi connectivity index (χ4n) is 1.84. The molecule has 4 heteroatoms. The highest BCUT2D eigenvalue weighted by Gasteiger charge is 2.26. The van der Waals surface area contributed by atoms with Crippen molar-refractivity contribution in [2.45, 2.75) is 45.6 Å². The quantitative estimate of drug-likeness (QED) is 0.818. The van der Waals surface area contributed by atoms with Crippen LogP contribution >= 0.6 is 11.3 Å². The molecule has 0 saturated heterocycles. The molecule has 1 aromatic heterocycles. The third-order valence-corrected chi connectivity index (χ3v) is 4.28. The highest BCUT2D eigenvalue weighted by molar-refractivity contribution is 7.12. The van der Waals surface area contributed by atoms with Gasteiger partial charge in [0, 0.05) is 16.3 Å². The summed E-state index contributed by atoms with van der Waals surface area (Å²) in [6.07, 6.45) is 2.20. The van der Waals surface area contributed by atoms with E-state index in [1.165, 1.54) is 4.88 Å². The second-order valence-corrected chi connectivity index (χ2v) is 5.80. The van der Waals surface area contributed by atoms with Crippen LogP contribution in [-0.2, 0) is 11.2 Å². The van der Waals surface area contributed by atoms with Crippen molar-refractivity contribution < 1.29 is 4.79 Å². The zero-order valence-corrected chi connectivity index (χ0v) is 11.7. The molecule has 1 amide bonds.